The number of anilines is 2. The Morgan fingerprint density at radius 3 is 2.32 bits per heavy atom. The number of ether oxygens (including phenoxy) is 1. The Balaban J connectivity index is 2.27. The molecule has 2 amide bonds. The number of hydrogen-bond acceptors (Lipinski definition) is 6. The lowest BCUT2D eigenvalue weighted by Crippen LogP contribution is -2.30. The molecule has 0 aliphatic carbocycles. The third kappa shape index (κ3) is 4.89. The number of nitrogens with one attached hydrogen (secondary N) is 1. The van der Waals surface area contributed by atoms with Crippen LogP contribution < -0.4 is 10.2 Å². The van der Waals surface area contributed by atoms with Crippen LogP contribution in [0.5, 0.6) is 0 Å². The van der Waals surface area contributed by atoms with Gasteiger partial charge in [0.05, 0.1) is 23.6 Å². The van der Waals surface area contributed by atoms with Crippen LogP contribution in [-0.4, -0.2) is 57.0 Å². The molecule has 7 nitrogen and oxygen atoms in total. The number of carbonyl (C=O) groups excluding carboxylic acids is 3. The van der Waals surface area contributed by atoms with Gasteiger partial charge in [-0.3, -0.25) is 9.59 Å². The predicted molar refractivity (Wildman–Crippen MR) is 111 cm³/mol. The molecule has 1 heterocycles. The lowest BCUT2D eigenvalue weighted by molar-refractivity contribution is -0.114. The van der Waals surface area contributed by atoms with Gasteiger partial charge in [-0.2, -0.15) is 0 Å². The third-order valence-electron chi connectivity index (χ3n) is 4.06. The summed E-state index contributed by atoms with van der Waals surface area (Å²) in [6.45, 7) is 3.69. The van der Waals surface area contributed by atoms with Crippen LogP contribution in [0.2, 0.25) is 0 Å². The minimum atomic E-state index is -0.555. The molecule has 2 aromatic rings. The van der Waals surface area contributed by atoms with Crippen molar-refractivity contribution in [2.45, 2.75) is 13.8 Å². The second-order valence-corrected chi connectivity index (χ2v) is 7.44. The van der Waals surface area contributed by atoms with Gasteiger partial charge in [0.25, 0.3) is 5.91 Å². The number of carbonyl (C=O) groups is 3. The van der Waals surface area contributed by atoms with E-state index in [-0.39, 0.29) is 30.5 Å². The average Bonchev–Trinajstić information content (AvgIpc) is 2.97. The fourth-order valence-electron chi connectivity index (χ4n) is 2.61. The first-order chi connectivity index (χ1) is 13.3. The molecule has 0 atom stereocenters. The van der Waals surface area contributed by atoms with Gasteiger partial charge < -0.3 is 19.9 Å². The quantitative estimate of drug-likeness (QED) is 0.719. The second-order valence-electron chi connectivity index (χ2n) is 6.42. The van der Waals surface area contributed by atoms with Gasteiger partial charge in [-0.05, 0) is 31.5 Å². The summed E-state index contributed by atoms with van der Waals surface area (Å²) in [6, 6.07) is 9.50. The second kappa shape index (κ2) is 9.36. The molecule has 2 rings (SSSR count). The Morgan fingerprint density at radius 1 is 1.11 bits per heavy atom. The van der Waals surface area contributed by atoms with Crippen molar-refractivity contribution in [3.8, 4) is 0 Å². The van der Waals surface area contributed by atoms with Crippen molar-refractivity contribution < 1.29 is 19.1 Å². The molecular formula is C20H25N3O4S. The Morgan fingerprint density at radius 2 is 1.75 bits per heavy atom. The number of thiophene rings is 1. The van der Waals surface area contributed by atoms with E-state index in [0.717, 1.165) is 17.0 Å². The first-order valence-electron chi connectivity index (χ1n) is 8.84. The summed E-state index contributed by atoms with van der Waals surface area (Å²) in [5.41, 5.74) is 1.63. The van der Waals surface area contributed by atoms with E-state index in [4.69, 9.17) is 4.74 Å². The standard InChI is InChI=1S/C20H25N3O4S/c1-6-27-20(26)16-13(2)17(19(25)22(3)4)28-18(16)21-15(24)12-23(5)14-10-8-7-9-11-14/h7-11H,6,12H2,1-5H3,(H,21,24). The van der Waals surface area contributed by atoms with E-state index in [9.17, 15) is 14.4 Å². The van der Waals surface area contributed by atoms with Crippen molar-refractivity contribution >= 4 is 39.8 Å². The van der Waals surface area contributed by atoms with E-state index in [1.165, 1.54) is 4.90 Å². The summed E-state index contributed by atoms with van der Waals surface area (Å²) in [5, 5.41) is 3.10. The highest BCUT2D eigenvalue weighted by molar-refractivity contribution is 7.18. The SMILES string of the molecule is CCOC(=O)c1c(NC(=O)CN(C)c2ccccc2)sc(C(=O)N(C)C)c1C. The van der Waals surface area contributed by atoms with Crippen molar-refractivity contribution in [2.75, 3.05) is 44.5 Å². The van der Waals surface area contributed by atoms with Gasteiger partial charge in [-0.1, -0.05) is 18.2 Å². The molecule has 8 heteroatoms. The van der Waals surface area contributed by atoms with Crippen LogP contribution in [0.3, 0.4) is 0 Å². The number of nitrogens with zero attached hydrogens (tertiary/aromatic N) is 2. The van der Waals surface area contributed by atoms with Gasteiger partial charge in [0.1, 0.15) is 5.00 Å². The number of para-hydroxylation sites is 1. The zero-order valence-corrected chi connectivity index (χ0v) is 17.6. The van der Waals surface area contributed by atoms with Crippen LogP contribution in [0.4, 0.5) is 10.7 Å². The largest absolute Gasteiger partial charge is 0.462 e. The molecule has 0 unspecified atom stereocenters. The molecule has 0 saturated heterocycles. The van der Waals surface area contributed by atoms with E-state index in [2.05, 4.69) is 5.32 Å². The molecule has 1 N–H and O–H groups in total. The topological polar surface area (TPSA) is 79.0 Å². The van der Waals surface area contributed by atoms with E-state index in [1.54, 1.807) is 32.8 Å². The Labute approximate surface area is 168 Å². The lowest BCUT2D eigenvalue weighted by atomic mass is 10.1. The van der Waals surface area contributed by atoms with Crippen LogP contribution in [0.25, 0.3) is 0 Å². The highest BCUT2D eigenvalue weighted by Gasteiger charge is 2.27. The van der Waals surface area contributed by atoms with Crippen LogP contribution >= 0.6 is 11.3 Å². The lowest BCUT2D eigenvalue weighted by Gasteiger charge is -2.18. The molecular weight excluding hydrogens is 378 g/mol. The minimum absolute atomic E-state index is 0.0974. The van der Waals surface area contributed by atoms with Crippen molar-refractivity contribution in [3.63, 3.8) is 0 Å². The summed E-state index contributed by atoms with van der Waals surface area (Å²) < 4.78 is 5.12. The van der Waals surface area contributed by atoms with Crippen LogP contribution in [0.1, 0.15) is 32.5 Å². The van der Waals surface area contributed by atoms with Gasteiger partial charge in [0.15, 0.2) is 0 Å². The van der Waals surface area contributed by atoms with E-state index in [1.807, 2.05) is 37.4 Å². The van der Waals surface area contributed by atoms with Crippen molar-refractivity contribution in [1.82, 2.24) is 4.90 Å². The van der Waals surface area contributed by atoms with E-state index >= 15 is 0 Å². The first-order valence-corrected chi connectivity index (χ1v) is 9.66. The molecule has 1 aromatic carbocycles. The zero-order valence-electron chi connectivity index (χ0n) is 16.7. The smallest absolute Gasteiger partial charge is 0.341 e. The predicted octanol–water partition coefficient (Wildman–Crippen LogP) is 3.01. The molecule has 1 aromatic heterocycles. The fraction of sp³-hybridized carbons (Fsp3) is 0.350. The highest BCUT2D eigenvalue weighted by atomic mass is 32.1. The van der Waals surface area contributed by atoms with Crippen LogP contribution in [0.15, 0.2) is 30.3 Å². The number of likely N-dealkylation sites (N-methyl/N-ethyl adjacent to an activating group) is 1. The van der Waals surface area contributed by atoms with Gasteiger partial charge in [0.2, 0.25) is 5.91 Å². The van der Waals surface area contributed by atoms with Crippen molar-refractivity contribution in [1.29, 1.82) is 0 Å². The molecule has 0 aliphatic rings. The summed E-state index contributed by atoms with van der Waals surface area (Å²) in [5.74, 6) is -1.07. The normalized spacial score (nSPS) is 10.3. The molecule has 0 spiro atoms. The molecule has 150 valence electrons. The summed E-state index contributed by atoms with van der Waals surface area (Å²) >= 11 is 1.09. The Kier molecular flexibility index (Phi) is 7.17. The first kappa shape index (κ1) is 21.4. The van der Waals surface area contributed by atoms with Crippen LogP contribution in [0, 0.1) is 6.92 Å². The maximum Gasteiger partial charge on any atom is 0.341 e. The molecule has 28 heavy (non-hydrogen) atoms. The Bertz CT molecular complexity index is 862. The van der Waals surface area contributed by atoms with Crippen molar-refractivity contribution in [2.24, 2.45) is 0 Å². The third-order valence-corrected chi connectivity index (χ3v) is 5.25. The van der Waals surface area contributed by atoms with Gasteiger partial charge in [0, 0.05) is 26.8 Å². The molecule has 0 radical (unpaired) electrons. The van der Waals surface area contributed by atoms with Gasteiger partial charge >= 0.3 is 5.97 Å². The van der Waals surface area contributed by atoms with Gasteiger partial charge in [-0.25, -0.2) is 4.79 Å². The number of benzene rings is 1. The Hall–Kier alpha value is -2.87. The van der Waals surface area contributed by atoms with E-state index < -0.39 is 5.97 Å². The molecule has 0 bridgehead atoms. The van der Waals surface area contributed by atoms with Gasteiger partial charge in [-0.15, -0.1) is 11.3 Å². The van der Waals surface area contributed by atoms with Crippen molar-refractivity contribution in [3.05, 3.63) is 46.3 Å². The molecule has 0 saturated carbocycles. The zero-order chi connectivity index (χ0) is 20.8. The number of hydrogen-bond donors (Lipinski definition) is 1. The number of esters is 1. The number of amides is 2. The number of rotatable bonds is 7. The molecule has 0 fully saturated rings. The monoisotopic (exact) mass is 403 g/mol. The highest BCUT2D eigenvalue weighted by Crippen LogP contribution is 2.34. The minimum Gasteiger partial charge on any atom is -0.462 e. The summed E-state index contributed by atoms with van der Waals surface area (Å²) in [4.78, 5) is 41.0. The average molecular weight is 404 g/mol. The summed E-state index contributed by atoms with van der Waals surface area (Å²) in [7, 11) is 5.08. The van der Waals surface area contributed by atoms with E-state index in [0.29, 0.717) is 15.4 Å². The molecule has 0 aliphatic heterocycles. The fourth-order valence-corrected chi connectivity index (χ4v) is 3.85. The maximum absolute atomic E-state index is 12.6. The maximum atomic E-state index is 12.6. The van der Waals surface area contributed by atoms with Crippen LogP contribution in [-0.2, 0) is 9.53 Å². The summed E-state index contributed by atoms with van der Waals surface area (Å²) in [6.07, 6.45) is 0.